The van der Waals surface area contributed by atoms with Crippen molar-refractivity contribution in [3.05, 3.63) is 20.2 Å². The Balaban J connectivity index is 4.40. The van der Waals surface area contributed by atoms with Gasteiger partial charge in [-0.05, 0) is 6.42 Å². The summed E-state index contributed by atoms with van der Waals surface area (Å²) in [6.07, 6.45) is -1.77. The van der Waals surface area contributed by atoms with Gasteiger partial charge < -0.3 is 10.2 Å². The van der Waals surface area contributed by atoms with Gasteiger partial charge >= 0.3 is 5.66 Å². The smallest absolute Gasteiger partial charge is 0.394 e. The molecule has 0 aromatic rings. The average Bonchev–Trinajstić information content (AvgIpc) is 2.12. The van der Waals surface area contributed by atoms with E-state index < -0.39 is 34.6 Å². The van der Waals surface area contributed by atoms with Crippen LogP contribution in [0.25, 0.3) is 0 Å². The third-order valence-corrected chi connectivity index (χ3v) is 1.95. The molecule has 0 radical (unpaired) electrons. The molecule has 0 saturated carbocycles. The van der Waals surface area contributed by atoms with E-state index in [1.807, 2.05) is 0 Å². The first-order chi connectivity index (χ1) is 6.34. The lowest BCUT2D eigenvalue weighted by atomic mass is 10.0. The van der Waals surface area contributed by atoms with Crippen LogP contribution in [-0.2, 0) is 0 Å². The second-order valence-electron chi connectivity index (χ2n) is 3.11. The normalized spacial score (nSPS) is 13.6. The standard InChI is InChI=1S/C6H12N2O6/c1-6(7(11)12,8(13)14)3-2-5(10)4-9/h5,9-10H,2-4H2,1H3/t5-/m0/s1. The summed E-state index contributed by atoms with van der Waals surface area (Å²) in [6.45, 7) is 0.308. The molecule has 1 atom stereocenters. The molecule has 2 N–H and O–H groups in total. The second kappa shape index (κ2) is 4.82. The van der Waals surface area contributed by atoms with Crippen molar-refractivity contribution in [2.24, 2.45) is 0 Å². The predicted octanol–water partition coefficient (Wildman–Crippen LogP) is -0.611. The third kappa shape index (κ3) is 2.89. The number of aliphatic hydroxyl groups is 2. The van der Waals surface area contributed by atoms with Gasteiger partial charge in [0.1, 0.15) is 0 Å². The Morgan fingerprint density at radius 2 is 1.79 bits per heavy atom. The number of hydrogen-bond donors (Lipinski definition) is 2. The summed E-state index contributed by atoms with van der Waals surface area (Å²) >= 11 is 0. The molecule has 0 unspecified atom stereocenters. The van der Waals surface area contributed by atoms with Crippen LogP contribution in [0.5, 0.6) is 0 Å². The molecule has 0 aliphatic rings. The van der Waals surface area contributed by atoms with Gasteiger partial charge in [0.25, 0.3) is 0 Å². The first kappa shape index (κ1) is 12.7. The van der Waals surface area contributed by atoms with Gasteiger partial charge in [-0.3, -0.25) is 20.2 Å². The van der Waals surface area contributed by atoms with Gasteiger partial charge in [0.15, 0.2) is 0 Å². The highest BCUT2D eigenvalue weighted by Crippen LogP contribution is 2.18. The van der Waals surface area contributed by atoms with Gasteiger partial charge in [-0.2, -0.15) is 0 Å². The lowest BCUT2D eigenvalue weighted by molar-refractivity contribution is -0.793. The number of nitro groups is 2. The first-order valence-corrected chi connectivity index (χ1v) is 3.92. The zero-order chi connectivity index (χ0) is 11.4. The third-order valence-electron chi connectivity index (χ3n) is 1.95. The van der Waals surface area contributed by atoms with Crippen molar-refractivity contribution in [3.63, 3.8) is 0 Å². The van der Waals surface area contributed by atoms with Crippen molar-refractivity contribution in [3.8, 4) is 0 Å². The molecule has 0 fully saturated rings. The summed E-state index contributed by atoms with van der Waals surface area (Å²) in [5.41, 5.74) is -2.30. The molecule has 0 spiro atoms. The highest BCUT2D eigenvalue weighted by atomic mass is 16.7. The van der Waals surface area contributed by atoms with Crippen molar-refractivity contribution in [2.75, 3.05) is 6.61 Å². The molecule has 8 heteroatoms. The number of hydrogen-bond acceptors (Lipinski definition) is 6. The Hall–Kier alpha value is -1.28. The fourth-order valence-corrected chi connectivity index (χ4v) is 0.781. The van der Waals surface area contributed by atoms with Gasteiger partial charge in [-0.15, -0.1) is 0 Å². The van der Waals surface area contributed by atoms with Crippen LogP contribution < -0.4 is 0 Å². The van der Waals surface area contributed by atoms with E-state index in [-0.39, 0.29) is 6.42 Å². The Morgan fingerprint density at radius 1 is 1.36 bits per heavy atom. The quantitative estimate of drug-likeness (QED) is 0.340. The van der Waals surface area contributed by atoms with Crippen molar-refractivity contribution in [1.29, 1.82) is 0 Å². The minimum absolute atomic E-state index is 0.186. The van der Waals surface area contributed by atoms with Gasteiger partial charge in [-0.1, -0.05) is 0 Å². The average molecular weight is 208 g/mol. The molecule has 82 valence electrons. The van der Waals surface area contributed by atoms with E-state index in [4.69, 9.17) is 10.2 Å². The molecule has 0 aliphatic carbocycles. The zero-order valence-electron chi connectivity index (χ0n) is 7.62. The first-order valence-electron chi connectivity index (χ1n) is 3.92. The van der Waals surface area contributed by atoms with Gasteiger partial charge in [0, 0.05) is 0 Å². The minimum Gasteiger partial charge on any atom is -0.394 e. The van der Waals surface area contributed by atoms with Crippen LogP contribution in [0.15, 0.2) is 0 Å². The largest absolute Gasteiger partial charge is 0.456 e. The maximum Gasteiger partial charge on any atom is 0.456 e. The number of rotatable bonds is 6. The molecular formula is C6H12N2O6. The number of aliphatic hydroxyl groups excluding tert-OH is 2. The molecular weight excluding hydrogens is 196 g/mol. The van der Waals surface area contributed by atoms with Crippen LogP contribution in [0.2, 0.25) is 0 Å². The van der Waals surface area contributed by atoms with Crippen molar-refractivity contribution >= 4 is 0 Å². The Labute approximate surface area is 79.5 Å². The summed E-state index contributed by atoms with van der Waals surface area (Å²) in [5, 5.41) is 38.1. The van der Waals surface area contributed by atoms with E-state index in [0.717, 1.165) is 6.92 Å². The van der Waals surface area contributed by atoms with Crippen LogP contribution in [0.4, 0.5) is 0 Å². The summed E-state index contributed by atoms with van der Waals surface area (Å²) in [4.78, 5) is 18.8. The van der Waals surface area contributed by atoms with Crippen LogP contribution in [0, 0.1) is 20.2 Å². The van der Waals surface area contributed by atoms with Crippen LogP contribution in [0.3, 0.4) is 0 Å². The molecule has 0 aromatic carbocycles. The van der Waals surface area contributed by atoms with E-state index in [0.29, 0.717) is 0 Å². The van der Waals surface area contributed by atoms with Crippen LogP contribution in [-0.4, -0.2) is 38.4 Å². The number of nitrogens with zero attached hydrogens (tertiary/aromatic N) is 2. The van der Waals surface area contributed by atoms with Crippen LogP contribution >= 0.6 is 0 Å². The summed E-state index contributed by atoms with van der Waals surface area (Å²) in [7, 11) is 0. The second-order valence-corrected chi connectivity index (χ2v) is 3.11. The topological polar surface area (TPSA) is 127 Å². The minimum atomic E-state index is -2.30. The molecule has 0 bridgehead atoms. The van der Waals surface area contributed by atoms with Crippen molar-refractivity contribution in [1.82, 2.24) is 0 Å². The fraction of sp³-hybridized carbons (Fsp3) is 1.00. The molecule has 8 nitrogen and oxygen atoms in total. The van der Waals surface area contributed by atoms with Crippen molar-refractivity contribution < 1.29 is 20.1 Å². The summed E-state index contributed by atoms with van der Waals surface area (Å²) in [5.74, 6) is 0. The molecule has 0 amide bonds. The maximum atomic E-state index is 10.4. The van der Waals surface area contributed by atoms with Crippen LogP contribution in [0.1, 0.15) is 19.8 Å². The highest BCUT2D eigenvalue weighted by molar-refractivity contribution is 4.64. The molecule has 14 heavy (non-hydrogen) atoms. The van der Waals surface area contributed by atoms with E-state index in [2.05, 4.69) is 0 Å². The van der Waals surface area contributed by atoms with Gasteiger partial charge in [0.2, 0.25) is 0 Å². The molecule has 0 aliphatic heterocycles. The van der Waals surface area contributed by atoms with E-state index in [9.17, 15) is 20.2 Å². The Morgan fingerprint density at radius 3 is 2.07 bits per heavy atom. The van der Waals surface area contributed by atoms with E-state index in [1.165, 1.54) is 0 Å². The van der Waals surface area contributed by atoms with Crippen molar-refractivity contribution in [2.45, 2.75) is 31.5 Å². The molecule has 0 rings (SSSR count). The van der Waals surface area contributed by atoms with E-state index >= 15 is 0 Å². The predicted molar refractivity (Wildman–Crippen MR) is 44.7 cm³/mol. The van der Waals surface area contributed by atoms with Gasteiger partial charge in [0.05, 0.1) is 35.9 Å². The fourth-order valence-electron chi connectivity index (χ4n) is 0.781. The lowest BCUT2D eigenvalue weighted by Crippen LogP contribution is -2.43. The summed E-state index contributed by atoms with van der Waals surface area (Å²) < 4.78 is 0. The van der Waals surface area contributed by atoms with Gasteiger partial charge in [-0.25, -0.2) is 0 Å². The Kier molecular flexibility index (Phi) is 4.38. The molecule has 0 heterocycles. The Bertz CT molecular complexity index is 216. The highest BCUT2D eigenvalue weighted by Gasteiger charge is 2.50. The zero-order valence-corrected chi connectivity index (χ0v) is 7.62. The molecule has 0 saturated heterocycles. The van der Waals surface area contributed by atoms with E-state index in [1.54, 1.807) is 0 Å². The molecule has 0 aromatic heterocycles. The maximum absolute atomic E-state index is 10.4. The summed E-state index contributed by atoms with van der Waals surface area (Å²) in [6, 6.07) is 0. The lowest BCUT2D eigenvalue weighted by Gasteiger charge is -2.13. The SMILES string of the molecule is CC(CC[C@H](O)CO)([N+](=O)[O-])[N+](=O)[O-]. The monoisotopic (exact) mass is 208 g/mol.